The quantitative estimate of drug-likeness (QED) is 0.233. The highest BCUT2D eigenvalue weighted by atomic mass is 32.2. The Kier molecular flexibility index (Phi) is 7.23. The molecule has 1 fully saturated rings. The van der Waals surface area contributed by atoms with Gasteiger partial charge in [-0.1, -0.05) is 54.6 Å². The lowest BCUT2D eigenvalue weighted by molar-refractivity contribution is -0.123. The fourth-order valence-corrected chi connectivity index (χ4v) is 4.89. The highest BCUT2D eigenvalue weighted by Crippen LogP contribution is 2.35. The van der Waals surface area contributed by atoms with Gasteiger partial charge in [-0.05, 0) is 82.6 Å². The molecule has 4 aromatic carbocycles. The molecule has 2 amide bonds. The van der Waals surface area contributed by atoms with Crippen LogP contribution in [0.4, 0.5) is 9.18 Å². The number of hydrogen-bond acceptors (Lipinski definition) is 5. The molecule has 0 bridgehead atoms. The molecule has 4 aromatic rings. The van der Waals surface area contributed by atoms with Gasteiger partial charge in [0.25, 0.3) is 11.1 Å². The summed E-state index contributed by atoms with van der Waals surface area (Å²) < 4.78 is 25.1. The summed E-state index contributed by atoms with van der Waals surface area (Å²) in [6.07, 6.45) is 1.67. The zero-order valence-electron chi connectivity index (χ0n) is 20.1. The molecule has 186 valence electrons. The van der Waals surface area contributed by atoms with Gasteiger partial charge in [0, 0.05) is 0 Å². The van der Waals surface area contributed by atoms with E-state index in [-0.39, 0.29) is 23.5 Å². The largest absolute Gasteiger partial charge is 0.490 e. The molecule has 0 saturated carbocycles. The van der Waals surface area contributed by atoms with E-state index in [1.807, 2.05) is 31.2 Å². The summed E-state index contributed by atoms with van der Waals surface area (Å²) in [6, 6.07) is 25.6. The topological polar surface area (TPSA) is 55.8 Å². The molecular weight excluding hydrogens is 489 g/mol. The zero-order chi connectivity index (χ0) is 25.8. The third-order valence-corrected chi connectivity index (χ3v) is 6.81. The standard InChI is InChI=1S/C30H24FNO4S/c1-2-35-27-16-21(10-14-26(27)36-19-22-7-11-23-5-3-4-6-24(23)15-22)17-28-29(33)32(30(34)37-28)18-20-8-12-25(31)13-9-20/h3-17H,2,18-19H2,1H3/b28-17+. The number of rotatable bonds is 8. The number of thioether (sulfide) groups is 1. The van der Waals surface area contributed by atoms with Gasteiger partial charge in [0.15, 0.2) is 11.5 Å². The molecule has 7 heteroatoms. The highest BCUT2D eigenvalue weighted by Gasteiger charge is 2.35. The van der Waals surface area contributed by atoms with Crippen LogP contribution in [0.3, 0.4) is 0 Å². The summed E-state index contributed by atoms with van der Waals surface area (Å²) in [4.78, 5) is 26.9. The van der Waals surface area contributed by atoms with Crippen molar-refractivity contribution in [3.63, 3.8) is 0 Å². The summed E-state index contributed by atoms with van der Waals surface area (Å²) in [5.41, 5.74) is 2.44. The van der Waals surface area contributed by atoms with Crippen molar-refractivity contribution in [1.82, 2.24) is 4.90 Å². The first kappa shape index (κ1) is 24.6. The molecule has 1 heterocycles. The van der Waals surface area contributed by atoms with Gasteiger partial charge in [-0.3, -0.25) is 14.5 Å². The molecule has 0 spiro atoms. The third kappa shape index (κ3) is 5.67. The molecular formula is C30H24FNO4S. The second-order valence-electron chi connectivity index (χ2n) is 8.50. The number of hydrogen-bond donors (Lipinski definition) is 0. The lowest BCUT2D eigenvalue weighted by Crippen LogP contribution is -2.27. The summed E-state index contributed by atoms with van der Waals surface area (Å²) >= 11 is 0.883. The van der Waals surface area contributed by atoms with Crippen molar-refractivity contribution in [3.05, 3.63) is 112 Å². The minimum Gasteiger partial charge on any atom is -0.490 e. The summed E-state index contributed by atoms with van der Waals surface area (Å²) in [7, 11) is 0. The van der Waals surface area contributed by atoms with Crippen LogP contribution >= 0.6 is 11.8 Å². The van der Waals surface area contributed by atoms with Crippen LogP contribution in [0.25, 0.3) is 16.8 Å². The van der Waals surface area contributed by atoms with Gasteiger partial charge in [-0.15, -0.1) is 0 Å². The highest BCUT2D eigenvalue weighted by molar-refractivity contribution is 8.18. The predicted molar refractivity (Wildman–Crippen MR) is 144 cm³/mol. The van der Waals surface area contributed by atoms with Gasteiger partial charge < -0.3 is 9.47 Å². The first-order chi connectivity index (χ1) is 18.0. The van der Waals surface area contributed by atoms with Crippen molar-refractivity contribution in [2.45, 2.75) is 20.1 Å². The Hall–Kier alpha value is -4.10. The number of benzene rings is 4. The number of carbonyl (C=O) groups excluding carboxylic acids is 2. The van der Waals surface area contributed by atoms with Crippen LogP contribution in [0.1, 0.15) is 23.6 Å². The zero-order valence-corrected chi connectivity index (χ0v) is 21.0. The van der Waals surface area contributed by atoms with Crippen molar-refractivity contribution < 1.29 is 23.5 Å². The SMILES string of the molecule is CCOc1cc(/C=C2/SC(=O)N(Cc3ccc(F)cc3)C2=O)ccc1OCc1ccc2ccccc2c1. The number of halogens is 1. The number of fused-ring (bicyclic) bond motifs is 1. The first-order valence-electron chi connectivity index (χ1n) is 11.9. The third-order valence-electron chi connectivity index (χ3n) is 5.90. The lowest BCUT2D eigenvalue weighted by Gasteiger charge is -2.13. The summed E-state index contributed by atoms with van der Waals surface area (Å²) in [5.74, 6) is 0.403. The maximum atomic E-state index is 13.2. The molecule has 0 radical (unpaired) electrons. The number of nitrogens with zero attached hydrogens (tertiary/aromatic N) is 1. The molecule has 0 unspecified atom stereocenters. The van der Waals surface area contributed by atoms with E-state index in [1.165, 1.54) is 17.5 Å². The minimum absolute atomic E-state index is 0.0913. The Labute approximate surface area is 218 Å². The Morgan fingerprint density at radius 3 is 2.38 bits per heavy atom. The summed E-state index contributed by atoms with van der Waals surface area (Å²) in [6.45, 7) is 2.81. The van der Waals surface area contributed by atoms with Crippen molar-refractivity contribution in [1.29, 1.82) is 0 Å². The van der Waals surface area contributed by atoms with Crippen molar-refractivity contribution in [2.24, 2.45) is 0 Å². The van der Waals surface area contributed by atoms with Crippen LogP contribution in [0.15, 0.2) is 89.8 Å². The minimum atomic E-state index is -0.381. The van der Waals surface area contributed by atoms with Crippen LogP contribution in [-0.2, 0) is 17.9 Å². The van der Waals surface area contributed by atoms with Crippen LogP contribution in [0.2, 0.25) is 0 Å². The van der Waals surface area contributed by atoms with Crippen LogP contribution in [0, 0.1) is 5.82 Å². The smallest absolute Gasteiger partial charge is 0.293 e. The van der Waals surface area contributed by atoms with E-state index >= 15 is 0 Å². The molecule has 0 aromatic heterocycles. The molecule has 1 aliphatic rings. The van der Waals surface area contributed by atoms with Crippen LogP contribution in [0.5, 0.6) is 11.5 Å². The number of imide groups is 1. The van der Waals surface area contributed by atoms with Gasteiger partial charge >= 0.3 is 0 Å². The van der Waals surface area contributed by atoms with E-state index in [0.29, 0.717) is 40.7 Å². The lowest BCUT2D eigenvalue weighted by atomic mass is 10.1. The average Bonchev–Trinajstić information content (AvgIpc) is 3.16. The summed E-state index contributed by atoms with van der Waals surface area (Å²) in [5, 5.41) is 1.96. The van der Waals surface area contributed by atoms with Gasteiger partial charge in [-0.25, -0.2) is 4.39 Å². The van der Waals surface area contributed by atoms with E-state index < -0.39 is 0 Å². The molecule has 5 nitrogen and oxygen atoms in total. The van der Waals surface area contributed by atoms with Crippen LogP contribution in [-0.4, -0.2) is 22.7 Å². The van der Waals surface area contributed by atoms with Gasteiger partial charge in [0.2, 0.25) is 0 Å². The molecule has 1 aliphatic heterocycles. The maximum Gasteiger partial charge on any atom is 0.293 e. The second-order valence-corrected chi connectivity index (χ2v) is 9.50. The van der Waals surface area contributed by atoms with E-state index in [2.05, 4.69) is 24.3 Å². The fraction of sp³-hybridized carbons (Fsp3) is 0.133. The molecule has 37 heavy (non-hydrogen) atoms. The van der Waals surface area contributed by atoms with Crippen molar-refractivity contribution in [3.8, 4) is 11.5 Å². The number of carbonyl (C=O) groups is 2. The van der Waals surface area contributed by atoms with Crippen molar-refractivity contribution >= 4 is 39.8 Å². The monoisotopic (exact) mass is 513 g/mol. The van der Waals surface area contributed by atoms with E-state index in [0.717, 1.165) is 27.6 Å². The van der Waals surface area contributed by atoms with E-state index in [1.54, 1.807) is 30.3 Å². The number of ether oxygens (including phenoxy) is 2. The normalized spacial score (nSPS) is 14.5. The Morgan fingerprint density at radius 1 is 0.838 bits per heavy atom. The van der Waals surface area contributed by atoms with Crippen LogP contribution < -0.4 is 9.47 Å². The molecule has 0 aliphatic carbocycles. The van der Waals surface area contributed by atoms with Gasteiger partial charge in [0.1, 0.15) is 12.4 Å². The number of amides is 2. The molecule has 0 N–H and O–H groups in total. The van der Waals surface area contributed by atoms with E-state index in [9.17, 15) is 14.0 Å². The Bertz CT molecular complexity index is 1500. The van der Waals surface area contributed by atoms with Gasteiger partial charge in [0.05, 0.1) is 18.1 Å². The maximum absolute atomic E-state index is 13.2. The van der Waals surface area contributed by atoms with Gasteiger partial charge in [-0.2, -0.15) is 0 Å². The Balaban J connectivity index is 1.31. The molecule has 5 rings (SSSR count). The van der Waals surface area contributed by atoms with Crippen molar-refractivity contribution in [2.75, 3.05) is 6.61 Å². The predicted octanol–water partition coefficient (Wildman–Crippen LogP) is 7.19. The average molecular weight is 514 g/mol. The Morgan fingerprint density at radius 2 is 1.59 bits per heavy atom. The molecule has 1 saturated heterocycles. The van der Waals surface area contributed by atoms with E-state index in [4.69, 9.17) is 9.47 Å². The molecule has 0 atom stereocenters. The first-order valence-corrected chi connectivity index (χ1v) is 12.7. The fourth-order valence-electron chi connectivity index (χ4n) is 4.05. The second kappa shape index (κ2) is 10.9.